The van der Waals surface area contributed by atoms with Crippen LogP contribution in [0, 0.1) is 0 Å². The van der Waals surface area contributed by atoms with Crippen LogP contribution in [0.5, 0.6) is 0 Å². The lowest BCUT2D eigenvalue weighted by Crippen LogP contribution is -2.36. The van der Waals surface area contributed by atoms with Gasteiger partial charge in [0.2, 0.25) is 5.91 Å². The highest BCUT2D eigenvalue weighted by Crippen LogP contribution is 2.19. The lowest BCUT2D eigenvalue weighted by molar-refractivity contribution is -0.127. The third-order valence-corrected chi connectivity index (χ3v) is 2.92. The van der Waals surface area contributed by atoms with Crippen LogP contribution in [0.25, 0.3) is 0 Å². The van der Waals surface area contributed by atoms with Crippen LogP contribution in [0.3, 0.4) is 0 Å². The van der Waals surface area contributed by atoms with Gasteiger partial charge in [-0.05, 0) is 27.0 Å². The standard InChI is InChI=1S/C9H17NO2S/c1-7(11)5-8(12)10-6-9(2,3)13-4/h5-6H2,1-4H3,(H,10,12). The molecule has 0 rings (SSSR count). The van der Waals surface area contributed by atoms with Crippen LogP contribution in [0.15, 0.2) is 0 Å². The third-order valence-electron chi connectivity index (χ3n) is 1.67. The lowest BCUT2D eigenvalue weighted by Gasteiger charge is -2.21. The molecule has 0 aliphatic heterocycles. The molecular formula is C9H17NO2S. The van der Waals surface area contributed by atoms with Gasteiger partial charge in [-0.25, -0.2) is 0 Å². The van der Waals surface area contributed by atoms with E-state index in [2.05, 4.69) is 5.32 Å². The van der Waals surface area contributed by atoms with Crippen LogP contribution < -0.4 is 5.32 Å². The second-order valence-electron chi connectivity index (χ2n) is 3.62. The number of amides is 1. The van der Waals surface area contributed by atoms with Crippen molar-refractivity contribution in [3.63, 3.8) is 0 Å². The van der Waals surface area contributed by atoms with E-state index >= 15 is 0 Å². The fourth-order valence-electron chi connectivity index (χ4n) is 0.672. The summed E-state index contributed by atoms with van der Waals surface area (Å²) in [5.74, 6) is -0.283. The first kappa shape index (κ1) is 12.5. The van der Waals surface area contributed by atoms with E-state index in [0.717, 1.165) is 0 Å². The highest BCUT2D eigenvalue weighted by molar-refractivity contribution is 7.99. The van der Waals surface area contributed by atoms with Crippen LogP contribution >= 0.6 is 11.8 Å². The summed E-state index contributed by atoms with van der Waals surface area (Å²) in [6, 6.07) is 0. The molecule has 0 heterocycles. The van der Waals surface area contributed by atoms with Crippen LogP contribution in [0.1, 0.15) is 27.2 Å². The number of hydrogen-bond acceptors (Lipinski definition) is 3. The van der Waals surface area contributed by atoms with Gasteiger partial charge in [0.25, 0.3) is 0 Å². The summed E-state index contributed by atoms with van der Waals surface area (Å²) in [6.45, 7) is 6.11. The van der Waals surface area contributed by atoms with Crippen molar-refractivity contribution in [1.82, 2.24) is 5.32 Å². The molecule has 0 radical (unpaired) electrons. The number of carbonyl (C=O) groups excluding carboxylic acids is 2. The van der Waals surface area contributed by atoms with Gasteiger partial charge < -0.3 is 5.32 Å². The number of nitrogens with one attached hydrogen (secondary N) is 1. The fraction of sp³-hybridized carbons (Fsp3) is 0.778. The molecule has 0 bridgehead atoms. The van der Waals surface area contributed by atoms with Gasteiger partial charge in [0, 0.05) is 11.3 Å². The normalized spacial score (nSPS) is 11.1. The monoisotopic (exact) mass is 203 g/mol. The van der Waals surface area contributed by atoms with Gasteiger partial charge in [-0.3, -0.25) is 9.59 Å². The Bertz CT molecular complexity index is 202. The summed E-state index contributed by atoms with van der Waals surface area (Å²) in [5, 5.41) is 2.72. The van der Waals surface area contributed by atoms with Crippen LogP contribution in [-0.2, 0) is 9.59 Å². The zero-order valence-corrected chi connectivity index (χ0v) is 9.46. The summed E-state index contributed by atoms with van der Waals surface area (Å²) in [5.41, 5.74) is 0. The molecule has 13 heavy (non-hydrogen) atoms. The van der Waals surface area contributed by atoms with Crippen LogP contribution in [0.4, 0.5) is 0 Å². The lowest BCUT2D eigenvalue weighted by atomic mass is 10.2. The summed E-state index contributed by atoms with van der Waals surface area (Å²) >= 11 is 1.69. The zero-order chi connectivity index (χ0) is 10.5. The van der Waals surface area contributed by atoms with Gasteiger partial charge in [0.1, 0.15) is 5.78 Å². The van der Waals surface area contributed by atoms with Crippen molar-refractivity contribution in [2.45, 2.75) is 31.9 Å². The highest BCUT2D eigenvalue weighted by atomic mass is 32.2. The molecule has 0 aromatic carbocycles. The fourth-order valence-corrected chi connectivity index (χ4v) is 0.889. The Balaban J connectivity index is 3.76. The van der Waals surface area contributed by atoms with E-state index in [1.807, 2.05) is 20.1 Å². The summed E-state index contributed by atoms with van der Waals surface area (Å²) in [6.07, 6.45) is 1.99. The quantitative estimate of drug-likeness (QED) is 0.683. The van der Waals surface area contributed by atoms with Crippen molar-refractivity contribution in [2.24, 2.45) is 0 Å². The van der Waals surface area contributed by atoms with Gasteiger partial charge >= 0.3 is 0 Å². The molecule has 0 saturated carbocycles. The Morgan fingerprint density at radius 3 is 2.31 bits per heavy atom. The van der Waals surface area contributed by atoms with Gasteiger partial charge in [0.15, 0.2) is 0 Å². The van der Waals surface area contributed by atoms with Crippen molar-refractivity contribution in [3.8, 4) is 0 Å². The molecule has 0 atom stereocenters. The van der Waals surface area contributed by atoms with Gasteiger partial charge in [-0.1, -0.05) is 0 Å². The second-order valence-corrected chi connectivity index (χ2v) is 5.13. The van der Waals surface area contributed by atoms with E-state index in [1.165, 1.54) is 6.92 Å². The molecule has 0 saturated heterocycles. The third kappa shape index (κ3) is 6.63. The minimum atomic E-state index is -0.186. The maximum absolute atomic E-state index is 11.1. The Morgan fingerprint density at radius 2 is 1.92 bits per heavy atom. The van der Waals surface area contributed by atoms with E-state index in [1.54, 1.807) is 11.8 Å². The van der Waals surface area contributed by atoms with E-state index in [-0.39, 0.29) is 22.9 Å². The highest BCUT2D eigenvalue weighted by Gasteiger charge is 2.17. The van der Waals surface area contributed by atoms with E-state index in [9.17, 15) is 9.59 Å². The summed E-state index contributed by atoms with van der Waals surface area (Å²) in [4.78, 5) is 21.7. The molecule has 0 aliphatic rings. The molecule has 0 aromatic rings. The summed E-state index contributed by atoms with van der Waals surface area (Å²) < 4.78 is 0.0342. The van der Waals surface area contributed by atoms with Gasteiger partial charge in [-0.2, -0.15) is 11.8 Å². The van der Waals surface area contributed by atoms with Crippen molar-refractivity contribution < 1.29 is 9.59 Å². The number of Topliss-reactive ketones (excluding diaryl/α,β-unsaturated/α-hetero) is 1. The largest absolute Gasteiger partial charge is 0.354 e. The molecule has 3 nitrogen and oxygen atoms in total. The molecule has 0 fully saturated rings. The molecule has 0 aliphatic carbocycles. The first-order valence-electron chi connectivity index (χ1n) is 4.18. The Labute approximate surface area is 83.7 Å². The average Bonchev–Trinajstić information content (AvgIpc) is 2.00. The topological polar surface area (TPSA) is 46.2 Å². The van der Waals surface area contributed by atoms with Crippen LogP contribution in [-0.4, -0.2) is 29.2 Å². The van der Waals surface area contributed by atoms with Crippen molar-refractivity contribution in [2.75, 3.05) is 12.8 Å². The Morgan fingerprint density at radius 1 is 1.38 bits per heavy atom. The van der Waals surface area contributed by atoms with E-state index in [0.29, 0.717) is 6.54 Å². The number of ketones is 1. The first-order valence-corrected chi connectivity index (χ1v) is 5.41. The first-order chi connectivity index (χ1) is 5.87. The maximum Gasteiger partial charge on any atom is 0.227 e. The molecule has 0 aromatic heterocycles. The molecule has 0 unspecified atom stereocenters. The zero-order valence-electron chi connectivity index (χ0n) is 8.64. The molecule has 0 spiro atoms. The predicted molar refractivity (Wildman–Crippen MR) is 55.9 cm³/mol. The Hall–Kier alpha value is -0.510. The maximum atomic E-state index is 11.1. The van der Waals surface area contributed by atoms with Crippen LogP contribution in [0.2, 0.25) is 0 Å². The Kier molecular flexibility index (Phi) is 5.06. The smallest absolute Gasteiger partial charge is 0.227 e. The van der Waals surface area contributed by atoms with Gasteiger partial charge in [0.05, 0.1) is 6.42 Å². The molecule has 1 amide bonds. The SMILES string of the molecule is CSC(C)(C)CNC(=O)CC(C)=O. The number of carbonyl (C=O) groups is 2. The van der Waals surface area contributed by atoms with E-state index in [4.69, 9.17) is 0 Å². The average molecular weight is 203 g/mol. The molecule has 76 valence electrons. The van der Waals surface area contributed by atoms with Crippen molar-refractivity contribution in [3.05, 3.63) is 0 Å². The van der Waals surface area contributed by atoms with Crippen molar-refractivity contribution in [1.29, 1.82) is 0 Å². The number of hydrogen-bond donors (Lipinski definition) is 1. The minimum Gasteiger partial charge on any atom is -0.354 e. The minimum absolute atomic E-state index is 0.00946. The molecular weight excluding hydrogens is 186 g/mol. The number of rotatable bonds is 5. The summed E-state index contributed by atoms with van der Waals surface area (Å²) in [7, 11) is 0. The second kappa shape index (κ2) is 5.27. The molecule has 1 N–H and O–H groups in total. The van der Waals surface area contributed by atoms with Crippen molar-refractivity contribution >= 4 is 23.5 Å². The number of thioether (sulfide) groups is 1. The predicted octanol–water partition coefficient (Wildman–Crippen LogP) is 1.22. The molecule has 4 heteroatoms. The van der Waals surface area contributed by atoms with Gasteiger partial charge in [-0.15, -0.1) is 0 Å². The van der Waals surface area contributed by atoms with E-state index < -0.39 is 0 Å².